The van der Waals surface area contributed by atoms with E-state index in [1.54, 1.807) is 0 Å². The predicted molar refractivity (Wildman–Crippen MR) is 115 cm³/mol. The van der Waals surface area contributed by atoms with Crippen molar-refractivity contribution in [1.29, 1.82) is 0 Å². The van der Waals surface area contributed by atoms with Crippen molar-refractivity contribution in [3.05, 3.63) is 71.2 Å². The van der Waals surface area contributed by atoms with Crippen molar-refractivity contribution >= 4 is 81.2 Å². The van der Waals surface area contributed by atoms with Crippen LogP contribution in [0.1, 0.15) is 5.69 Å². The van der Waals surface area contributed by atoms with E-state index >= 15 is 0 Å². The number of hydrogen-bond acceptors (Lipinski definition) is 1. The van der Waals surface area contributed by atoms with Crippen LogP contribution in [-0.4, -0.2) is 4.98 Å². The fraction of sp³-hybridized carbons (Fsp3) is 0.0556. The predicted octanol–water partition coefficient (Wildman–Crippen LogP) is 10.0. The molecule has 11 heteroatoms. The molecule has 3 rings (SSSR count). The number of hydrogen-bond donors (Lipinski definition) is 0. The summed E-state index contributed by atoms with van der Waals surface area (Å²) in [7, 11) is 0. The summed E-state index contributed by atoms with van der Waals surface area (Å²) in [6.45, 7) is 0. The van der Waals surface area contributed by atoms with Crippen molar-refractivity contribution in [1.82, 2.24) is 4.98 Å². The molecule has 1 heterocycles. The molecule has 0 radical (unpaired) electrons. The van der Waals surface area contributed by atoms with Crippen molar-refractivity contribution in [2.75, 3.05) is 0 Å². The highest BCUT2D eigenvalue weighted by Gasteiger charge is 2.35. The molecular formula is C18H5Cl7F3N. The molecule has 0 amide bonds. The SMILES string of the molecule is FC(F)(F)c1cc(-c2cc(Cl)c(Cl)cc2Cl)c(Cl)c(-c2cc(Cl)c(Cl)cc2Cl)n1. The second kappa shape index (κ2) is 8.51. The van der Waals surface area contributed by atoms with E-state index in [1.165, 1.54) is 24.3 Å². The van der Waals surface area contributed by atoms with Gasteiger partial charge in [-0.15, -0.1) is 0 Å². The van der Waals surface area contributed by atoms with Gasteiger partial charge in [0.2, 0.25) is 0 Å². The third kappa shape index (κ3) is 4.69. The zero-order chi connectivity index (χ0) is 21.7. The fourth-order valence-corrected chi connectivity index (χ4v) is 4.07. The largest absolute Gasteiger partial charge is 0.433 e. The van der Waals surface area contributed by atoms with Gasteiger partial charge in [0.25, 0.3) is 0 Å². The molecule has 0 aliphatic rings. The van der Waals surface area contributed by atoms with Crippen LogP contribution in [0.5, 0.6) is 0 Å². The Bertz CT molecular complexity index is 1050. The fourth-order valence-electron chi connectivity index (χ4n) is 2.48. The van der Waals surface area contributed by atoms with Crippen LogP contribution in [0.3, 0.4) is 0 Å². The summed E-state index contributed by atoms with van der Waals surface area (Å²) in [6.07, 6.45) is -4.78. The molecular weight excluding hydrogens is 535 g/mol. The maximum absolute atomic E-state index is 13.5. The Morgan fingerprint density at radius 1 is 0.552 bits per heavy atom. The summed E-state index contributed by atoms with van der Waals surface area (Å²) in [4.78, 5) is 3.66. The summed E-state index contributed by atoms with van der Waals surface area (Å²) in [5, 5.41) is 0.326. The quantitative estimate of drug-likeness (QED) is 0.295. The van der Waals surface area contributed by atoms with E-state index in [9.17, 15) is 13.2 Å². The number of nitrogens with zero attached hydrogens (tertiary/aromatic N) is 1. The number of aromatic nitrogens is 1. The molecule has 29 heavy (non-hydrogen) atoms. The van der Waals surface area contributed by atoms with Gasteiger partial charge in [0, 0.05) is 16.7 Å². The second-order valence-corrected chi connectivity index (χ2v) is 8.53. The number of rotatable bonds is 2. The van der Waals surface area contributed by atoms with Gasteiger partial charge in [-0.05, 0) is 30.3 Å². The third-order valence-corrected chi connectivity index (χ3v) is 6.27. The molecule has 1 nitrogen and oxygen atoms in total. The molecule has 2 aromatic carbocycles. The molecule has 1 aromatic heterocycles. The van der Waals surface area contributed by atoms with E-state index in [0.717, 1.165) is 6.07 Å². The summed E-state index contributed by atoms with van der Waals surface area (Å²) < 4.78 is 40.6. The Labute approximate surface area is 198 Å². The van der Waals surface area contributed by atoms with Crippen LogP contribution in [0.25, 0.3) is 22.4 Å². The van der Waals surface area contributed by atoms with Crippen molar-refractivity contribution in [3.8, 4) is 22.4 Å². The van der Waals surface area contributed by atoms with Gasteiger partial charge in [0.05, 0.1) is 40.9 Å². The summed E-state index contributed by atoms with van der Waals surface area (Å²) in [5.41, 5.74) is -1.32. The molecule has 3 aromatic rings. The van der Waals surface area contributed by atoms with Crippen LogP contribution >= 0.6 is 81.2 Å². The van der Waals surface area contributed by atoms with Gasteiger partial charge in [-0.3, -0.25) is 0 Å². The average Bonchev–Trinajstić information content (AvgIpc) is 2.61. The van der Waals surface area contributed by atoms with E-state index in [0.29, 0.717) is 0 Å². The summed E-state index contributed by atoms with van der Waals surface area (Å²) in [5.74, 6) is 0. The second-order valence-electron chi connectivity index (χ2n) is 5.71. The van der Waals surface area contributed by atoms with Gasteiger partial charge in [-0.1, -0.05) is 81.2 Å². The van der Waals surface area contributed by atoms with Crippen LogP contribution < -0.4 is 0 Å². The lowest BCUT2D eigenvalue weighted by atomic mass is 10.0. The molecule has 0 fully saturated rings. The van der Waals surface area contributed by atoms with E-state index in [2.05, 4.69) is 4.98 Å². The number of pyridine rings is 1. The highest BCUT2D eigenvalue weighted by Crippen LogP contribution is 2.45. The topological polar surface area (TPSA) is 12.9 Å². The molecule has 0 bridgehead atoms. The van der Waals surface area contributed by atoms with Crippen molar-refractivity contribution in [2.45, 2.75) is 6.18 Å². The lowest BCUT2D eigenvalue weighted by molar-refractivity contribution is -0.141. The molecule has 0 spiro atoms. The Morgan fingerprint density at radius 3 is 1.52 bits per heavy atom. The van der Waals surface area contributed by atoms with Crippen LogP contribution in [-0.2, 0) is 6.18 Å². The highest BCUT2D eigenvalue weighted by molar-refractivity contribution is 6.45. The van der Waals surface area contributed by atoms with Crippen LogP contribution in [0.2, 0.25) is 35.2 Å². The average molecular weight is 540 g/mol. The van der Waals surface area contributed by atoms with E-state index < -0.39 is 11.9 Å². The Morgan fingerprint density at radius 2 is 1.00 bits per heavy atom. The standard InChI is InChI=1S/C18H5Cl7F3N/c19-9-4-13(23)11(21)1-6(9)7-3-15(18(26,27)28)29-17(16(7)25)8-2-12(22)14(24)5-10(8)20/h1-5H. The Hall–Kier alpha value is -0.590. The van der Waals surface area contributed by atoms with Crippen LogP contribution in [0.4, 0.5) is 13.2 Å². The highest BCUT2D eigenvalue weighted by atomic mass is 35.5. The Balaban J connectivity index is 2.39. The molecule has 0 unspecified atom stereocenters. The Kier molecular flexibility index (Phi) is 6.77. The van der Waals surface area contributed by atoms with Gasteiger partial charge >= 0.3 is 6.18 Å². The minimum Gasteiger partial charge on any atom is -0.242 e. The molecule has 152 valence electrons. The first-order valence-electron chi connectivity index (χ1n) is 7.47. The molecule has 0 aliphatic carbocycles. The van der Waals surface area contributed by atoms with E-state index in [-0.39, 0.29) is 57.5 Å². The first-order chi connectivity index (χ1) is 13.4. The van der Waals surface area contributed by atoms with Crippen molar-refractivity contribution < 1.29 is 13.2 Å². The minimum atomic E-state index is -4.78. The van der Waals surface area contributed by atoms with Gasteiger partial charge in [0.1, 0.15) is 5.69 Å². The zero-order valence-electron chi connectivity index (χ0n) is 13.6. The van der Waals surface area contributed by atoms with Crippen LogP contribution in [0.15, 0.2) is 30.3 Å². The third-order valence-electron chi connectivity index (χ3n) is 3.81. The van der Waals surface area contributed by atoms with Gasteiger partial charge < -0.3 is 0 Å². The first-order valence-corrected chi connectivity index (χ1v) is 10.1. The lowest BCUT2D eigenvalue weighted by Crippen LogP contribution is -2.09. The molecule has 0 saturated carbocycles. The monoisotopic (exact) mass is 537 g/mol. The molecule has 0 saturated heterocycles. The van der Waals surface area contributed by atoms with Crippen LogP contribution in [0, 0.1) is 0 Å². The van der Waals surface area contributed by atoms with Gasteiger partial charge in [-0.25, -0.2) is 4.98 Å². The van der Waals surface area contributed by atoms with Gasteiger partial charge in [-0.2, -0.15) is 13.2 Å². The van der Waals surface area contributed by atoms with Crippen molar-refractivity contribution in [2.24, 2.45) is 0 Å². The van der Waals surface area contributed by atoms with Crippen molar-refractivity contribution in [3.63, 3.8) is 0 Å². The summed E-state index contributed by atoms with van der Waals surface area (Å²) >= 11 is 42.6. The lowest BCUT2D eigenvalue weighted by Gasteiger charge is -2.16. The smallest absolute Gasteiger partial charge is 0.242 e. The molecule has 0 atom stereocenters. The minimum absolute atomic E-state index is 0.0132. The summed E-state index contributed by atoms with van der Waals surface area (Å²) in [6, 6.07) is 5.94. The number of halogens is 10. The first kappa shape index (κ1) is 23.1. The van der Waals surface area contributed by atoms with E-state index in [4.69, 9.17) is 81.2 Å². The number of benzene rings is 2. The normalized spacial score (nSPS) is 11.8. The maximum Gasteiger partial charge on any atom is 0.433 e. The number of alkyl halides is 3. The zero-order valence-corrected chi connectivity index (χ0v) is 18.9. The van der Waals surface area contributed by atoms with E-state index in [1.807, 2.05) is 0 Å². The molecule has 0 aliphatic heterocycles. The van der Waals surface area contributed by atoms with Gasteiger partial charge in [0.15, 0.2) is 0 Å². The molecule has 0 N–H and O–H groups in total. The maximum atomic E-state index is 13.5.